The molecule has 0 aliphatic carbocycles. The Labute approximate surface area is 158 Å². The van der Waals surface area contributed by atoms with Crippen LogP contribution in [-0.4, -0.2) is 44.9 Å². The van der Waals surface area contributed by atoms with Crippen LogP contribution >= 0.6 is 0 Å². The zero-order valence-corrected chi connectivity index (χ0v) is 16.0. The van der Waals surface area contributed by atoms with Crippen molar-refractivity contribution in [1.82, 2.24) is 25.2 Å². The molecule has 0 spiro atoms. The van der Waals surface area contributed by atoms with Crippen molar-refractivity contribution in [2.75, 3.05) is 18.9 Å². The zero-order chi connectivity index (χ0) is 19.4. The van der Waals surface area contributed by atoms with Crippen LogP contribution in [0.2, 0.25) is 0 Å². The van der Waals surface area contributed by atoms with Crippen molar-refractivity contribution in [3.63, 3.8) is 0 Å². The summed E-state index contributed by atoms with van der Waals surface area (Å²) >= 11 is 0. The third kappa shape index (κ3) is 4.33. The fourth-order valence-corrected chi connectivity index (χ4v) is 2.75. The minimum Gasteiger partial charge on any atom is -0.334 e. The third-order valence-corrected chi connectivity index (χ3v) is 4.49. The number of carbonyl (C=O) groups is 1. The van der Waals surface area contributed by atoms with Crippen LogP contribution in [0.1, 0.15) is 29.7 Å². The van der Waals surface area contributed by atoms with Gasteiger partial charge in [-0.3, -0.25) is 5.10 Å². The number of aryl methyl sites for hydroxylation is 3. The summed E-state index contributed by atoms with van der Waals surface area (Å²) < 4.78 is 5.22. The normalized spacial score (nSPS) is 10.8. The number of aromatic nitrogens is 4. The number of benzene rings is 1. The molecule has 3 rings (SSSR count). The second-order valence-electron chi connectivity index (χ2n) is 6.46. The number of aromatic amines is 1. The summed E-state index contributed by atoms with van der Waals surface area (Å²) in [4.78, 5) is 18.3. The number of amides is 2. The Hall–Kier alpha value is -3.16. The lowest BCUT2D eigenvalue weighted by molar-refractivity contribution is 0.223. The molecule has 2 heterocycles. The Morgan fingerprint density at radius 1 is 1.26 bits per heavy atom. The fraction of sp³-hybridized carbons (Fsp3) is 0.368. The first-order chi connectivity index (χ1) is 13.0. The van der Waals surface area contributed by atoms with Gasteiger partial charge in [0, 0.05) is 37.0 Å². The first kappa shape index (κ1) is 18.6. The van der Waals surface area contributed by atoms with E-state index in [2.05, 4.69) is 25.7 Å². The van der Waals surface area contributed by atoms with Crippen molar-refractivity contribution < 1.29 is 9.32 Å². The number of urea groups is 1. The van der Waals surface area contributed by atoms with Crippen LogP contribution in [-0.2, 0) is 12.8 Å². The molecule has 0 aliphatic rings. The summed E-state index contributed by atoms with van der Waals surface area (Å²) in [7, 11) is 1.78. The summed E-state index contributed by atoms with van der Waals surface area (Å²) in [6, 6.07) is 7.18. The third-order valence-electron chi connectivity index (χ3n) is 4.49. The van der Waals surface area contributed by atoms with E-state index in [1.807, 2.05) is 45.0 Å². The summed E-state index contributed by atoms with van der Waals surface area (Å²) in [5.41, 5.74) is 4.71. The standard InChI is InChI=1S/C19H24N6O2/c1-5-17-21-18(27-24-17)14-6-8-15(9-7-14)20-19(26)25(4)11-10-16-12(2)22-23-13(16)3/h6-9H,5,10-11H2,1-4H3,(H,20,26)(H,22,23). The summed E-state index contributed by atoms with van der Waals surface area (Å²) in [5.74, 6) is 1.15. The molecule has 8 heteroatoms. The van der Waals surface area contributed by atoms with Gasteiger partial charge < -0.3 is 14.7 Å². The maximum absolute atomic E-state index is 12.4. The Bertz CT molecular complexity index is 893. The highest BCUT2D eigenvalue weighted by Crippen LogP contribution is 2.20. The first-order valence-electron chi connectivity index (χ1n) is 8.93. The van der Waals surface area contributed by atoms with Gasteiger partial charge in [0.05, 0.1) is 5.69 Å². The predicted octanol–water partition coefficient (Wildman–Crippen LogP) is 3.35. The van der Waals surface area contributed by atoms with Crippen LogP contribution in [0.15, 0.2) is 28.8 Å². The number of hydrogen-bond acceptors (Lipinski definition) is 5. The minimum absolute atomic E-state index is 0.160. The number of nitrogens with zero attached hydrogens (tertiary/aromatic N) is 4. The summed E-state index contributed by atoms with van der Waals surface area (Å²) in [5, 5.41) is 13.9. The van der Waals surface area contributed by atoms with E-state index < -0.39 is 0 Å². The molecule has 2 N–H and O–H groups in total. The van der Waals surface area contributed by atoms with Crippen LogP contribution in [0, 0.1) is 13.8 Å². The van der Waals surface area contributed by atoms with Gasteiger partial charge in [-0.2, -0.15) is 10.1 Å². The smallest absolute Gasteiger partial charge is 0.321 e. The molecule has 142 valence electrons. The van der Waals surface area contributed by atoms with Crippen LogP contribution in [0.5, 0.6) is 0 Å². The van der Waals surface area contributed by atoms with Gasteiger partial charge in [0.1, 0.15) is 0 Å². The van der Waals surface area contributed by atoms with Gasteiger partial charge in [0.2, 0.25) is 0 Å². The van der Waals surface area contributed by atoms with Gasteiger partial charge in [-0.25, -0.2) is 4.79 Å². The molecule has 2 amide bonds. The number of rotatable bonds is 6. The van der Waals surface area contributed by atoms with Crippen molar-refractivity contribution >= 4 is 11.7 Å². The monoisotopic (exact) mass is 368 g/mol. The molecule has 0 bridgehead atoms. The number of hydrogen-bond donors (Lipinski definition) is 2. The van der Waals surface area contributed by atoms with E-state index in [1.165, 1.54) is 0 Å². The quantitative estimate of drug-likeness (QED) is 0.695. The molecule has 0 radical (unpaired) electrons. The molecule has 0 atom stereocenters. The van der Waals surface area contributed by atoms with Crippen LogP contribution < -0.4 is 5.32 Å². The molecule has 27 heavy (non-hydrogen) atoms. The Kier molecular flexibility index (Phi) is 5.54. The number of nitrogens with one attached hydrogen (secondary N) is 2. The maximum atomic E-state index is 12.4. The number of carbonyl (C=O) groups excluding carboxylic acids is 1. The Morgan fingerprint density at radius 2 is 2.00 bits per heavy atom. The lowest BCUT2D eigenvalue weighted by atomic mass is 10.1. The van der Waals surface area contributed by atoms with Crippen molar-refractivity contribution in [3.05, 3.63) is 47.0 Å². The summed E-state index contributed by atoms with van der Waals surface area (Å²) in [6.07, 6.45) is 1.48. The van der Waals surface area contributed by atoms with Gasteiger partial charge in [0.15, 0.2) is 5.82 Å². The van der Waals surface area contributed by atoms with Crippen molar-refractivity contribution in [2.45, 2.75) is 33.6 Å². The number of likely N-dealkylation sites (N-methyl/N-ethyl adjacent to an activating group) is 1. The molecule has 0 fully saturated rings. The van der Waals surface area contributed by atoms with E-state index >= 15 is 0 Å². The molecule has 0 saturated heterocycles. The lowest BCUT2D eigenvalue weighted by Gasteiger charge is -2.18. The Morgan fingerprint density at radius 3 is 2.59 bits per heavy atom. The lowest BCUT2D eigenvalue weighted by Crippen LogP contribution is -2.33. The highest BCUT2D eigenvalue weighted by molar-refractivity contribution is 5.89. The molecule has 0 unspecified atom stereocenters. The second-order valence-corrected chi connectivity index (χ2v) is 6.46. The predicted molar refractivity (Wildman–Crippen MR) is 103 cm³/mol. The van der Waals surface area contributed by atoms with E-state index in [4.69, 9.17) is 4.52 Å². The number of anilines is 1. The first-order valence-corrected chi connectivity index (χ1v) is 8.93. The van der Waals surface area contributed by atoms with Crippen molar-refractivity contribution in [1.29, 1.82) is 0 Å². The molecule has 3 aromatic rings. The average molecular weight is 368 g/mol. The van der Waals surface area contributed by atoms with E-state index in [1.54, 1.807) is 11.9 Å². The van der Waals surface area contributed by atoms with Crippen LogP contribution in [0.4, 0.5) is 10.5 Å². The summed E-state index contributed by atoms with van der Waals surface area (Å²) in [6.45, 7) is 6.53. The minimum atomic E-state index is -0.160. The van der Waals surface area contributed by atoms with E-state index in [-0.39, 0.29) is 6.03 Å². The average Bonchev–Trinajstić information content (AvgIpc) is 3.27. The largest absolute Gasteiger partial charge is 0.334 e. The molecule has 8 nitrogen and oxygen atoms in total. The number of H-pyrrole nitrogens is 1. The molecule has 0 aliphatic heterocycles. The van der Waals surface area contributed by atoms with Crippen molar-refractivity contribution in [2.24, 2.45) is 0 Å². The SMILES string of the molecule is CCc1noc(-c2ccc(NC(=O)N(C)CCc3c(C)n[nH]c3C)cc2)n1. The van der Waals surface area contributed by atoms with E-state index in [9.17, 15) is 4.79 Å². The molecular formula is C19H24N6O2. The molecule has 2 aromatic heterocycles. The fourth-order valence-electron chi connectivity index (χ4n) is 2.75. The molecule has 0 saturated carbocycles. The van der Waals surface area contributed by atoms with E-state index in [0.29, 0.717) is 23.9 Å². The van der Waals surface area contributed by atoms with Crippen LogP contribution in [0.3, 0.4) is 0 Å². The highest BCUT2D eigenvalue weighted by atomic mass is 16.5. The van der Waals surface area contributed by atoms with E-state index in [0.717, 1.165) is 35.4 Å². The zero-order valence-electron chi connectivity index (χ0n) is 16.0. The molecule has 1 aromatic carbocycles. The van der Waals surface area contributed by atoms with Crippen LogP contribution in [0.25, 0.3) is 11.5 Å². The highest BCUT2D eigenvalue weighted by Gasteiger charge is 2.13. The molecular weight excluding hydrogens is 344 g/mol. The van der Waals surface area contributed by atoms with Gasteiger partial charge in [-0.1, -0.05) is 12.1 Å². The second kappa shape index (κ2) is 8.03. The maximum Gasteiger partial charge on any atom is 0.321 e. The van der Waals surface area contributed by atoms with Gasteiger partial charge >= 0.3 is 6.03 Å². The van der Waals surface area contributed by atoms with Crippen molar-refractivity contribution in [3.8, 4) is 11.5 Å². The van der Waals surface area contributed by atoms with Gasteiger partial charge in [-0.05, 0) is 50.1 Å². The van der Waals surface area contributed by atoms with Gasteiger partial charge in [0.25, 0.3) is 5.89 Å². The topological polar surface area (TPSA) is 99.9 Å². The van der Waals surface area contributed by atoms with Gasteiger partial charge in [-0.15, -0.1) is 0 Å². The Balaban J connectivity index is 1.57.